The number of benzene rings is 1. The summed E-state index contributed by atoms with van der Waals surface area (Å²) < 4.78 is 5.22. The quantitative estimate of drug-likeness (QED) is 0.784. The Balaban J connectivity index is 2.37. The first-order valence-corrected chi connectivity index (χ1v) is 6.15. The van der Waals surface area contributed by atoms with Crippen LogP contribution in [0.15, 0.2) is 18.2 Å². The van der Waals surface area contributed by atoms with Crippen molar-refractivity contribution in [1.82, 2.24) is 5.32 Å². The summed E-state index contributed by atoms with van der Waals surface area (Å²) in [6, 6.07) is 5.49. The second kappa shape index (κ2) is 5.16. The molecule has 1 aliphatic rings. The van der Waals surface area contributed by atoms with Crippen LogP contribution in [0.5, 0.6) is 5.75 Å². The van der Waals surface area contributed by atoms with Crippen molar-refractivity contribution in [2.45, 2.75) is 19.4 Å². The van der Waals surface area contributed by atoms with Gasteiger partial charge in [0.1, 0.15) is 11.8 Å². The number of carbonyl (C=O) groups excluding carboxylic acids is 1. The number of hydrogen-bond donors (Lipinski definition) is 2. The van der Waals surface area contributed by atoms with Gasteiger partial charge >= 0.3 is 0 Å². The van der Waals surface area contributed by atoms with Crippen LogP contribution in [0.25, 0.3) is 0 Å². The van der Waals surface area contributed by atoms with Gasteiger partial charge in [0.05, 0.1) is 18.5 Å². The number of ether oxygens (including phenoxy) is 1. The molecule has 1 unspecified atom stereocenters. The van der Waals surface area contributed by atoms with Gasteiger partial charge < -0.3 is 20.7 Å². The van der Waals surface area contributed by atoms with Gasteiger partial charge in [-0.2, -0.15) is 0 Å². The number of nitrogens with one attached hydrogen (secondary N) is 1. The average Bonchev–Trinajstić information content (AvgIpc) is 2.39. The largest absolute Gasteiger partial charge is 0.495 e. The SMILES string of the molecule is CCC1C(=O)NCCN1c1cccc(OC)c1N. The van der Waals surface area contributed by atoms with Crippen molar-refractivity contribution >= 4 is 17.3 Å². The van der Waals surface area contributed by atoms with Crippen molar-refractivity contribution in [1.29, 1.82) is 0 Å². The third kappa shape index (κ3) is 2.08. The third-order valence-electron chi connectivity index (χ3n) is 3.29. The lowest BCUT2D eigenvalue weighted by molar-refractivity contribution is -0.123. The second-order valence-corrected chi connectivity index (χ2v) is 4.30. The minimum absolute atomic E-state index is 0.0611. The van der Waals surface area contributed by atoms with Crippen molar-refractivity contribution in [3.63, 3.8) is 0 Å². The van der Waals surface area contributed by atoms with E-state index in [2.05, 4.69) is 10.2 Å². The first-order chi connectivity index (χ1) is 8.69. The fourth-order valence-electron chi connectivity index (χ4n) is 2.37. The van der Waals surface area contributed by atoms with Crippen LogP contribution < -0.4 is 20.7 Å². The Hall–Kier alpha value is -1.91. The van der Waals surface area contributed by atoms with Crippen molar-refractivity contribution in [3.8, 4) is 5.75 Å². The molecule has 2 rings (SSSR count). The van der Waals surface area contributed by atoms with Crippen LogP contribution in [-0.4, -0.2) is 32.1 Å². The van der Waals surface area contributed by atoms with E-state index in [-0.39, 0.29) is 11.9 Å². The summed E-state index contributed by atoms with van der Waals surface area (Å²) in [4.78, 5) is 13.9. The average molecular weight is 249 g/mol. The van der Waals surface area contributed by atoms with E-state index in [0.717, 1.165) is 18.7 Å². The van der Waals surface area contributed by atoms with Gasteiger partial charge in [0.2, 0.25) is 5.91 Å². The van der Waals surface area contributed by atoms with Gasteiger partial charge in [-0.15, -0.1) is 0 Å². The fraction of sp³-hybridized carbons (Fsp3) is 0.462. The van der Waals surface area contributed by atoms with Crippen LogP contribution in [0.1, 0.15) is 13.3 Å². The van der Waals surface area contributed by atoms with E-state index < -0.39 is 0 Å². The molecule has 0 spiro atoms. The molecule has 0 aliphatic carbocycles. The van der Waals surface area contributed by atoms with Crippen LogP contribution in [0.2, 0.25) is 0 Å². The normalized spacial score (nSPS) is 19.6. The molecule has 98 valence electrons. The third-order valence-corrected chi connectivity index (χ3v) is 3.29. The monoisotopic (exact) mass is 249 g/mol. The summed E-state index contributed by atoms with van der Waals surface area (Å²) in [7, 11) is 1.59. The molecule has 5 nitrogen and oxygen atoms in total. The highest BCUT2D eigenvalue weighted by molar-refractivity contribution is 5.88. The van der Waals surface area contributed by atoms with Crippen molar-refractivity contribution in [2.75, 3.05) is 30.8 Å². The molecule has 0 saturated carbocycles. The molecule has 0 bridgehead atoms. The van der Waals surface area contributed by atoms with Crippen LogP contribution in [0.4, 0.5) is 11.4 Å². The number of nitrogen functional groups attached to an aromatic ring is 1. The Morgan fingerprint density at radius 1 is 1.56 bits per heavy atom. The smallest absolute Gasteiger partial charge is 0.242 e. The summed E-state index contributed by atoms with van der Waals surface area (Å²) in [6.45, 7) is 3.41. The number of rotatable bonds is 3. The first-order valence-electron chi connectivity index (χ1n) is 6.15. The van der Waals surface area contributed by atoms with Gasteiger partial charge in [-0.25, -0.2) is 0 Å². The standard InChI is InChI=1S/C13H19N3O2/c1-3-9-13(17)15-7-8-16(9)10-5-4-6-11(18-2)12(10)14/h4-6,9H,3,7-8,14H2,1-2H3,(H,15,17). The second-order valence-electron chi connectivity index (χ2n) is 4.30. The van der Waals surface area contributed by atoms with Gasteiger partial charge in [0.15, 0.2) is 0 Å². The molecule has 1 heterocycles. The molecular formula is C13H19N3O2. The molecule has 1 atom stereocenters. The van der Waals surface area contributed by atoms with E-state index in [4.69, 9.17) is 10.5 Å². The van der Waals surface area contributed by atoms with Crippen LogP contribution in [0, 0.1) is 0 Å². The highest BCUT2D eigenvalue weighted by atomic mass is 16.5. The van der Waals surface area contributed by atoms with Crippen molar-refractivity contribution < 1.29 is 9.53 Å². The van der Waals surface area contributed by atoms with E-state index in [1.54, 1.807) is 7.11 Å². The van der Waals surface area contributed by atoms with E-state index in [1.807, 2.05) is 25.1 Å². The van der Waals surface area contributed by atoms with E-state index >= 15 is 0 Å². The van der Waals surface area contributed by atoms with Gasteiger partial charge in [-0.1, -0.05) is 13.0 Å². The van der Waals surface area contributed by atoms with Crippen LogP contribution in [0.3, 0.4) is 0 Å². The summed E-state index contributed by atoms with van der Waals surface area (Å²) in [5.74, 6) is 0.708. The summed E-state index contributed by atoms with van der Waals surface area (Å²) in [5, 5.41) is 2.88. The summed E-state index contributed by atoms with van der Waals surface area (Å²) in [5.41, 5.74) is 7.55. The number of para-hydroxylation sites is 1. The maximum absolute atomic E-state index is 11.8. The molecule has 1 saturated heterocycles. The Kier molecular flexibility index (Phi) is 3.60. The van der Waals surface area contributed by atoms with Crippen LogP contribution in [-0.2, 0) is 4.79 Å². The van der Waals surface area contributed by atoms with E-state index in [9.17, 15) is 4.79 Å². The molecule has 0 aromatic heterocycles. The minimum Gasteiger partial charge on any atom is -0.495 e. The number of piperazine rings is 1. The van der Waals surface area contributed by atoms with Gasteiger partial charge in [-0.05, 0) is 18.6 Å². The van der Waals surface area contributed by atoms with E-state index in [1.165, 1.54) is 0 Å². The number of anilines is 2. The molecule has 3 N–H and O–H groups in total. The van der Waals surface area contributed by atoms with Crippen LogP contribution >= 0.6 is 0 Å². The molecule has 5 heteroatoms. The van der Waals surface area contributed by atoms with Crippen molar-refractivity contribution in [3.05, 3.63) is 18.2 Å². The molecule has 0 radical (unpaired) electrons. The number of carbonyl (C=O) groups is 1. The molecule has 1 aromatic rings. The first kappa shape index (κ1) is 12.5. The van der Waals surface area contributed by atoms with Gasteiger partial charge in [0, 0.05) is 13.1 Å². The minimum atomic E-state index is -0.159. The lowest BCUT2D eigenvalue weighted by Crippen LogP contribution is -2.55. The summed E-state index contributed by atoms with van der Waals surface area (Å²) >= 11 is 0. The van der Waals surface area contributed by atoms with Gasteiger partial charge in [0.25, 0.3) is 0 Å². The number of nitrogens with zero attached hydrogens (tertiary/aromatic N) is 1. The molecule has 18 heavy (non-hydrogen) atoms. The Morgan fingerprint density at radius 2 is 2.33 bits per heavy atom. The zero-order chi connectivity index (χ0) is 13.1. The molecular weight excluding hydrogens is 230 g/mol. The number of hydrogen-bond acceptors (Lipinski definition) is 4. The molecule has 1 fully saturated rings. The highest BCUT2D eigenvalue weighted by Gasteiger charge is 2.29. The number of amides is 1. The van der Waals surface area contributed by atoms with Crippen molar-refractivity contribution in [2.24, 2.45) is 0 Å². The Bertz CT molecular complexity index is 448. The maximum atomic E-state index is 11.8. The summed E-state index contributed by atoms with van der Waals surface area (Å²) in [6.07, 6.45) is 0.752. The predicted octanol–water partition coefficient (Wildman–Crippen LogP) is 0.992. The predicted molar refractivity (Wildman–Crippen MR) is 71.8 cm³/mol. The number of nitrogens with two attached hydrogens (primary N) is 1. The molecule has 1 aromatic carbocycles. The fourth-order valence-corrected chi connectivity index (χ4v) is 2.37. The lowest BCUT2D eigenvalue weighted by atomic mass is 10.1. The number of methoxy groups -OCH3 is 1. The Morgan fingerprint density at radius 3 is 3.00 bits per heavy atom. The topological polar surface area (TPSA) is 67.6 Å². The van der Waals surface area contributed by atoms with E-state index in [0.29, 0.717) is 18.0 Å². The highest BCUT2D eigenvalue weighted by Crippen LogP contribution is 2.33. The maximum Gasteiger partial charge on any atom is 0.242 e. The molecule has 1 aliphatic heterocycles. The zero-order valence-electron chi connectivity index (χ0n) is 10.8. The lowest BCUT2D eigenvalue weighted by Gasteiger charge is -2.37. The zero-order valence-corrected chi connectivity index (χ0v) is 10.8. The molecule has 1 amide bonds. The van der Waals surface area contributed by atoms with Gasteiger partial charge in [-0.3, -0.25) is 4.79 Å². The Labute approximate surface area is 107 Å².